The Labute approximate surface area is 196 Å². The van der Waals surface area contributed by atoms with Gasteiger partial charge in [0.25, 0.3) is 0 Å². The monoisotopic (exact) mass is 495 g/mol. The Morgan fingerprint density at radius 2 is 1.74 bits per heavy atom. The molecule has 3 aromatic rings. The van der Waals surface area contributed by atoms with Gasteiger partial charge in [-0.05, 0) is 53.9 Å². The van der Waals surface area contributed by atoms with E-state index in [9.17, 15) is 4.79 Å². The SMILES string of the molecule is CC1(Cc2ccccc2)CN(CC(=O)Nc2ccc(Br)cc2)N=C1c1ccc(Cl)cc1. The zero-order valence-electron chi connectivity index (χ0n) is 17.2. The smallest absolute Gasteiger partial charge is 0.245 e. The molecule has 0 bridgehead atoms. The van der Waals surface area contributed by atoms with Crippen molar-refractivity contribution >= 4 is 44.8 Å². The molecule has 0 saturated heterocycles. The number of hydrogen-bond acceptors (Lipinski definition) is 3. The van der Waals surface area contributed by atoms with E-state index < -0.39 is 0 Å². The highest BCUT2D eigenvalue weighted by molar-refractivity contribution is 9.10. The van der Waals surface area contributed by atoms with Gasteiger partial charge in [0.1, 0.15) is 6.54 Å². The predicted molar refractivity (Wildman–Crippen MR) is 131 cm³/mol. The largest absolute Gasteiger partial charge is 0.324 e. The van der Waals surface area contributed by atoms with Crippen LogP contribution in [-0.2, 0) is 11.2 Å². The average molecular weight is 497 g/mol. The lowest BCUT2D eigenvalue weighted by molar-refractivity contribution is -0.117. The molecule has 0 radical (unpaired) electrons. The Morgan fingerprint density at radius 1 is 1.06 bits per heavy atom. The number of halogens is 2. The number of carbonyl (C=O) groups is 1. The highest BCUT2D eigenvalue weighted by Gasteiger charge is 2.39. The standard InChI is InChI=1S/C25H23BrClN3O/c1-25(15-18-5-3-2-4-6-18)17-30(29-24(25)19-7-11-21(27)12-8-19)16-23(31)28-22-13-9-20(26)10-14-22/h2-14H,15-17H2,1H3,(H,28,31). The molecule has 1 aliphatic rings. The van der Waals surface area contributed by atoms with E-state index in [1.807, 2.05) is 59.6 Å². The van der Waals surface area contributed by atoms with Crippen molar-refractivity contribution < 1.29 is 4.79 Å². The molecule has 0 aromatic heterocycles. The number of anilines is 1. The second kappa shape index (κ2) is 9.25. The van der Waals surface area contributed by atoms with Gasteiger partial charge in [0.2, 0.25) is 5.91 Å². The van der Waals surface area contributed by atoms with E-state index in [1.165, 1.54) is 5.56 Å². The maximum atomic E-state index is 12.7. The van der Waals surface area contributed by atoms with Crippen molar-refractivity contribution in [1.29, 1.82) is 0 Å². The predicted octanol–water partition coefficient (Wildman–Crippen LogP) is 6.01. The zero-order valence-corrected chi connectivity index (χ0v) is 19.5. The normalized spacial score (nSPS) is 18.0. The zero-order chi connectivity index (χ0) is 21.8. The first-order valence-electron chi connectivity index (χ1n) is 10.1. The van der Waals surface area contributed by atoms with E-state index >= 15 is 0 Å². The van der Waals surface area contributed by atoms with Crippen molar-refractivity contribution in [2.75, 3.05) is 18.4 Å². The van der Waals surface area contributed by atoms with Gasteiger partial charge in [-0.3, -0.25) is 9.80 Å². The number of amides is 1. The fourth-order valence-electron chi connectivity index (χ4n) is 3.97. The minimum Gasteiger partial charge on any atom is -0.324 e. The molecular weight excluding hydrogens is 474 g/mol. The third kappa shape index (κ3) is 5.35. The van der Waals surface area contributed by atoms with Crippen molar-refractivity contribution in [3.05, 3.63) is 99.5 Å². The Morgan fingerprint density at radius 3 is 2.42 bits per heavy atom. The van der Waals surface area contributed by atoms with Gasteiger partial charge in [0.05, 0.1) is 5.71 Å². The molecule has 31 heavy (non-hydrogen) atoms. The third-order valence-corrected chi connectivity index (χ3v) is 6.13. The van der Waals surface area contributed by atoms with Crippen LogP contribution >= 0.6 is 27.5 Å². The molecule has 1 atom stereocenters. The van der Waals surface area contributed by atoms with Crippen molar-refractivity contribution in [3.8, 4) is 0 Å². The first kappa shape index (κ1) is 21.6. The number of hydrogen-bond donors (Lipinski definition) is 1. The van der Waals surface area contributed by atoms with Crippen molar-refractivity contribution in [3.63, 3.8) is 0 Å². The highest BCUT2D eigenvalue weighted by Crippen LogP contribution is 2.35. The minimum absolute atomic E-state index is 0.0921. The molecule has 3 aromatic carbocycles. The van der Waals surface area contributed by atoms with E-state index in [0.29, 0.717) is 11.6 Å². The fraction of sp³-hybridized carbons (Fsp3) is 0.200. The van der Waals surface area contributed by atoms with Crippen LogP contribution in [0.5, 0.6) is 0 Å². The second-order valence-corrected chi connectivity index (χ2v) is 9.41. The van der Waals surface area contributed by atoms with Gasteiger partial charge in [0, 0.05) is 27.1 Å². The molecule has 4 rings (SSSR count). The number of nitrogens with one attached hydrogen (secondary N) is 1. The Balaban J connectivity index is 1.55. The minimum atomic E-state index is -0.229. The van der Waals surface area contributed by atoms with Crippen molar-refractivity contribution in [2.45, 2.75) is 13.3 Å². The summed E-state index contributed by atoms with van der Waals surface area (Å²) in [5, 5.41) is 10.4. The summed E-state index contributed by atoms with van der Waals surface area (Å²) in [6.07, 6.45) is 0.833. The molecule has 158 valence electrons. The average Bonchev–Trinajstić information content (AvgIpc) is 3.06. The highest BCUT2D eigenvalue weighted by atomic mass is 79.9. The van der Waals surface area contributed by atoms with Crippen LogP contribution in [-0.4, -0.2) is 29.7 Å². The van der Waals surface area contributed by atoms with E-state index in [-0.39, 0.29) is 17.9 Å². The van der Waals surface area contributed by atoms with E-state index in [4.69, 9.17) is 16.7 Å². The molecule has 6 heteroatoms. The lowest BCUT2D eigenvalue weighted by Gasteiger charge is -2.27. The Bertz CT molecular complexity index is 1080. The van der Waals surface area contributed by atoms with Gasteiger partial charge < -0.3 is 5.32 Å². The van der Waals surface area contributed by atoms with Crippen molar-refractivity contribution in [1.82, 2.24) is 5.01 Å². The van der Waals surface area contributed by atoms with Crippen LogP contribution in [0.1, 0.15) is 18.1 Å². The first-order valence-corrected chi connectivity index (χ1v) is 11.3. The van der Waals surface area contributed by atoms with Crippen LogP contribution in [0.4, 0.5) is 5.69 Å². The topological polar surface area (TPSA) is 44.7 Å². The molecule has 1 N–H and O–H groups in total. The number of carbonyl (C=O) groups excluding carboxylic acids is 1. The molecule has 4 nitrogen and oxygen atoms in total. The molecule has 1 heterocycles. The summed E-state index contributed by atoms with van der Waals surface area (Å²) in [7, 11) is 0. The summed E-state index contributed by atoms with van der Waals surface area (Å²) in [6, 6.07) is 25.7. The van der Waals surface area contributed by atoms with E-state index in [0.717, 1.165) is 27.9 Å². The summed E-state index contributed by atoms with van der Waals surface area (Å²) in [5.41, 5.74) is 3.78. The first-order chi connectivity index (χ1) is 14.9. The van der Waals surface area contributed by atoms with Crippen LogP contribution in [0.25, 0.3) is 0 Å². The van der Waals surface area contributed by atoms with Crippen LogP contribution in [0.15, 0.2) is 88.4 Å². The van der Waals surface area contributed by atoms with Gasteiger partial charge in [-0.2, -0.15) is 5.10 Å². The Kier molecular flexibility index (Phi) is 6.44. The molecular formula is C25H23BrClN3O. The maximum Gasteiger partial charge on any atom is 0.245 e. The summed E-state index contributed by atoms with van der Waals surface area (Å²) in [6.45, 7) is 3.06. The molecule has 0 saturated carbocycles. The molecule has 0 spiro atoms. The quantitative estimate of drug-likeness (QED) is 0.454. The summed E-state index contributed by atoms with van der Waals surface area (Å²) in [4.78, 5) is 12.7. The lowest BCUT2D eigenvalue weighted by Crippen LogP contribution is -2.36. The third-order valence-electron chi connectivity index (χ3n) is 5.35. The number of rotatable bonds is 6. The van der Waals surface area contributed by atoms with Gasteiger partial charge in [-0.25, -0.2) is 0 Å². The fourth-order valence-corrected chi connectivity index (χ4v) is 4.36. The Hall–Kier alpha value is -2.63. The molecule has 0 fully saturated rings. The van der Waals surface area contributed by atoms with Gasteiger partial charge in [-0.15, -0.1) is 0 Å². The maximum absolute atomic E-state index is 12.7. The van der Waals surface area contributed by atoms with Crippen molar-refractivity contribution in [2.24, 2.45) is 10.5 Å². The van der Waals surface area contributed by atoms with Crippen LogP contribution in [0.2, 0.25) is 5.02 Å². The molecule has 1 amide bonds. The summed E-state index contributed by atoms with van der Waals surface area (Å²) >= 11 is 9.51. The van der Waals surface area contributed by atoms with Crippen LogP contribution in [0, 0.1) is 5.41 Å². The number of benzene rings is 3. The van der Waals surface area contributed by atoms with Crippen LogP contribution in [0.3, 0.4) is 0 Å². The number of nitrogens with zero attached hydrogens (tertiary/aromatic N) is 2. The summed E-state index contributed by atoms with van der Waals surface area (Å²) in [5.74, 6) is -0.0921. The van der Waals surface area contributed by atoms with Gasteiger partial charge >= 0.3 is 0 Å². The van der Waals surface area contributed by atoms with Gasteiger partial charge in [-0.1, -0.05) is 76.9 Å². The summed E-state index contributed by atoms with van der Waals surface area (Å²) < 4.78 is 0.971. The number of hydrazone groups is 1. The van der Waals surface area contributed by atoms with Crippen LogP contribution < -0.4 is 5.32 Å². The second-order valence-electron chi connectivity index (χ2n) is 8.06. The van der Waals surface area contributed by atoms with E-state index in [1.54, 1.807) is 0 Å². The molecule has 1 aliphatic heterocycles. The molecule has 0 aliphatic carbocycles. The molecule has 1 unspecified atom stereocenters. The van der Waals surface area contributed by atoms with Gasteiger partial charge in [0.15, 0.2) is 0 Å². The lowest BCUT2D eigenvalue weighted by atomic mass is 9.77. The van der Waals surface area contributed by atoms with E-state index in [2.05, 4.69) is 52.4 Å².